The van der Waals surface area contributed by atoms with Gasteiger partial charge in [0.15, 0.2) is 0 Å². The van der Waals surface area contributed by atoms with E-state index in [0.29, 0.717) is 38.9 Å². The van der Waals surface area contributed by atoms with Crippen LogP contribution >= 0.6 is 0 Å². The van der Waals surface area contributed by atoms with E-state index in [9.17, 15) is 28.8 Å². The Morgan fingerprint density at radius 1 is 0.436 bits per heavy atom. The van der Waals surface area contributed by atoms with Crippen LogP contribution in [0.3, 0.4) is 0 Å². The molecule has 0 aromatic carbocycles. The molecule has 0 spiro atoms. The van der Waals surface area contributed by atoms with Crippen molar-refractivity contribution in [1.82, 2.24) is 29.7 Å². The highest BCUT2D eigenvalue weighted by Crippen LogP contribution is 2.03. The Labute approximate surface area is 230 Å². The third-order valence-electron chi connectivity index (χ3n) is 6.43. The first-order valence-corrected chi connectivity index (χ1v) is 14.3. The van der Waals surface area contributed by atoms with E-state index >= 15 is 0 Å². The van der Waals surface area contributed by atoms with Gasteiger partial charge in [-0.3, -0.25) is 14.4 Å². The van der Waals surface area contributed by atoms with Crippen molar-refractivity contribution < 1.29 is 14.4 Å². The molecule has 0 atom stereocenters. The Morgan fingerprint density at radius 2 is 0.667 bits per heavy atom. The lowest BCUT2D eigenvalue weighted by Crippen LogP contribution is -2.54. The van der Waals surface area contributed by atoms with Gasteiger partial charge in [-0.05, 0) is 38.5 Å². The fraction of sp³-hybridized carbons (Fsp3) is 0.778. The Bertz CT molecular complexity index is 910. The van der Waals surface area contributed by atoms with Gasteiger partial charge in [0.1, 0.15) is 0 Å². The monoisotopic (exact) mass is 552 g/mol. The molecule has 0 saturated carbocycles. The summed E-state index contributed by atoms with van der Waals surface area (Å²) >= 11 is 0. The lowest BCUT2D eigenvalue weighted by molar-refractivity contribution is -0.119. The molecule has 1 heterocycles. The standard InChI is InChI=1S/C27H48N6O6/c1-22(34)28-16-10-4-7-13-19-31-25(37)32(20-14-8-5-11-17-29-23(2)35)27(39)33(26(31)38)21-15-9-6-12-18-30-24(3)36/h4-21H2,1-3H3,(H,28,34)(H,29,35)(H,30,36). The summed E-state index contributed by atoms with van der Waals surface area (Å²) in [5.74, 6) is -0.195. The Kier molecular flexibility index (Phi) is 17.2. The average molecular weight is 553 g/mol. The molecule has 0 radical (unpaired) electrons. The SMILES string of the molecule is CC(=O)NCCCCCCn1c(=O)n(CCCCCCNC(C)=O)c(=O)n(CCCCCCNC(C)=O)c1=O. The number of unbranched alkanes of at least 4 members (excludes halogenated alkanes) is 9. The van der Waals surface area contributed by atoms with Crippen LogP contribution in [0.2, 0.25) is 0 Å². The minimum atomic E-state index is -0.562. The number of nitrogens with one attached hydrogen (secondary N) is 3. The topological polar surface area (TPSA) is 153 Å². The normalized spacial score (nSPS) is 10.8. The number of aromatic nitrogens is 3. The molecule has 39 heavy (non-hydrogen) atoms. The second-order valence-electron chi connectivity index (χ2n) is 9.99. The summed E-state index contributed by atoms with van der Waals surface area (Å²) in [6.45, 7) is 6.95. The molecule has 0 aliphatic rings. The van der Waals surface area contributed by atoms with Crippen molar-refractivity contribution >= 4 is 17.7 Å². The zero-order valence-corrected chi connectivity index (χ0v) is 24.0. The van der Waals surface area contributed by atoms with E-state index in [4.69, 9.17) is 0 Å². The molecule has 0 fully saturated rings. The van der Waals surface area contributed by atoms with Gasteiger partial charge in [0.05, 0.1) is 0 Å². The molecular formula is C27H48N6O6. The predicted molar refractivity (Wildman–Crippen MR) is 151 cm³/mol. The van der Waals surface area contributed by atoms with Crippen molar-refractivity contribution in [3.63, 3.8) is 0 Å². The Morgan fingerprint density at radius 3 is 0.897 bits per heavy atom. The number of amides is 3. The van der Waals surface area contributed by atoms with Crippen molar-refractivity contribution in [3.8, 4) is 0 Å². The van der Waals surface area contributed by atoms with Crippen molar-refractivity contribution in [2.24, 2.45) is 0 Å². The number of hydrogen-bond donors (Lipinski definition) is 3. The fourth-order valence-corrected chi connectivity index (χ4v) is 4.30. The van der Waals surface area contributed by atoms with Crippen LogP contribution in [0, 0.1) is 0 Å². The highest BCUT2D eigenvalue weighted by Gasteiger charge is 2.15. The lowest BCUT2D eigenvalue weighted by Gasteiger charge is -2.14. The summed E-state index contributed by atoms with van der Waals surface area (Å²) in [5, 5.41) is 8.26. The van der Waals surface area contributed by atoms with Crippen LogP contribution in [0.4, 0.5) is 0 Å². The van der Waals surface area contributed by atoms with Gasteiger partial charge < -0.3 is 16.0 Å². The molecule has 0 unspecified atom stereocenters. The van der Waals surface area contributed by atoms with Crippen LogP contribution in [0.25, 0.3) is 0 Å². The molecule has 0 aliphatic heterocycles. The first-order chi connectivity index (χ1) is 18.6. The number of hydrogen-bond acceptors (Lipinski definition) is 6. The largest absolute Gasteiger partial charge is 0.356 e. The number of rotatable bonds is 21. The van der Waals surface area contributed by atoms with Crippen molar-refractivity contribution in [2.45, 2.75) is 117 Å². The van der Waals surface area contributed by atoms with Gasteiger partial charge in [0, 0.05) is 60.0 Å². The van der Waals surface area contributed by atoms with Crippen LogP contribution < -0.4 is 33.0 Å². The van der Waals surface area contributed by atoms with Gasteiger partial charge in [-0.1, -0.05) is 38.5 Å². The summed E-state index contributed by atoms with van der Waals surface area (Å²) in [4.78, 5) is 72.3. The average Bonchev–Trinajstić information content (AvgIpc) is 2.86. The van der Waals surface area contributed by atoms with Gasteiger partial charge in [-0.25, -0.2) is 28.1 Å². The Balaban J connectivity index is 2.81. The molecular weight excluding hydrogens is 504 g/mol. The maximum absolute atomic E-state index is 13.1. The van der Waals surface area contributed by atoms with Crippen molar-refractivity contribution in [1.29, 1.82) is 0 Å². The van der Waals surface area contributed by atoms with Crippen LogP contribution in [-0.2, 0) is 34.0 Å². The molecule has 0 aliphatic carbocycles. The van der Waals surface area contributed by atoms with Crippen LogP contribution in [0.1, 0.15) is 97.8 Å². The van der Waals surface area contributed by atoms with Gasteiger partial charge in [-0.2, -0.15) is 0 Å². The zero-order chi connectivity index (χ0) is 29.0. The summed E-state index contributed by atoms with van der Waals surface area (Å²) in [6.07, 6.45) is 9.32. The van der Waals surface area contributed by atoms with E-state index in [2.05, 4.69) is 16.0 Å². The van der Waals surface area contributed by atoms with Gasteiger partial charge in [-0.15, -0.1) is 0 Å². The van der Waals surface area contributed by atoms with E-state index in [-0.39, 0.29) is 37.4 Å². The quantitative estimate of drug-likeness (QED) is 0.195. The number of carbonyl (C=O) groups is 3. The zero-order valence-electron chi connectivity index (χ0n) is 24.0. The third kappa shape index (κ3) is 14.5. The smallest absolute Gasteiger partial charge is 0.336 e. The first kappa shape index (κ1) is 33.8. The molecule has 0 saturated heterocycles. The molecule has 1 aromatic heterocycles. The van der Waals surface area contributed by atoms with Crippen LogP contribution in [0.15, 0.2) is 14.4 Å². The molecule has 1 aromatic rings. The van der Waals surface area contributed by atoms with Crippen molar-refractivity contribution in [3.05, 3.63) is 31.5 Å². The summed E-state index contributed by atoms with van der Waals surface area (Å²) in [5.41, 5.74) is -1.69. The molecule has 3 amide bonds. The molecule has 3 N–H and O–H groups in total. The molecule has 1 rings (SSSR count). The summed E-state index contributed by atoms with van der Waals surface area (Å²) in [6, 6.07) is 0. The van der Waals surface area contributed by atoms with Gasteiger partial charge in [0.2, 0.25) is 17.7 Å². The van der Waals surface area contributed by atoms with Crippen LogP contribution in [-0.4, -0.2) is 51.1 Å². The Hall–Kier alpha value is -3.18. The van der Waals surface area contributed by atoms with Gasteiger partial charge in [0.25, 0.3) is 0 Å². The minimum Gasteiger partial charge on any atom is -0.356 e. The minimum absolute atomic E-state index is 0.0650. The maximum Gasteiger partial charge on any atom is 0.336 e. The highest BCUT2D eigenvalue weighted by molar-refractivity contribution is 5.73. The van der Waals surface area contributed by atoms with Crippen molar-refractivity contribution in [2.75, 3.05) is 19.6 Å². The fourth-order valence-electron chi connectivity index (χ4n) is 4.30. The second kappa shape index (κ2) is 19.8. The van der Waals surface area contributed by atoms with E-state index in [1.165, 1.54) is 34.5 Å². The molecule has 12 nitrogen and oxygen atoms in total. The van der Waals surface area contributed by atoms with E-state index in [0.717, 1.165) is 57.8 Å². The molecule has 12 heteroatoms. The molecule has 222 valence electrons. The highest BCUT2D eigenvalue weighted by atomic mass is 16.2. The predicted octanol–water partition coefficient (Wildman–Crippen LogP) is 1.26. The van der Waals surface area contributed by atoms with E-state index in [1.54, 1.807) is 0 Å². The van der Waals surface area contributed by atoms with Crippen LogP contribution in [0.5, 0.6) is 0 Å². The van der Waals surface area contributed by atoms with E-state index in [1.807, 2.05) is 0 Å². The number of carbonyl (C=O) groups excluding carboxylic acids is 3. The molecule has 0 bridgehead atoms. The second-order valence-corrected chi connectivity index (χ2v) is 9.99. The summed E-state index contributed by atoms with van der Waals surface area (Å²) in [7, 11) is 0. The lowest BCUT2D eigenvalue weighted by atomic mass is 10.2. The maximum atomic E-state index is 13.1. The third-order valence-corrected chi connectivity index (χ3v) is 6.43. The van der Waals surface area contributed by atoms with E-state index < -0.39 is 17.1 Å². The van der Waals surface area contributed by atoms with Gasteiger partial charge >= 0.3 is 17.1 Å². The number of nitrogens with zero attached hydrogens (tertiary/aromatic N) is 3. The first-order valence-electron chi connectivity index (χ1n) is 14.3. The summed E-state index contributed by atoms with van der Waals surface area (Å²) < 4.78 is 3.55.